The van der Waals surface area contributed by atoms with Crippen molar-refractivity contribution in [1.82, 2.24) is 4.90 Å². The number of imide groups is 1. The molecule has 1 aliphatic carbocycles. The minimum atomic E-state index is -0.184. The summed E-state index contributed by atoms with van der Waals surface area (Å²) in [6, 6.07) is 7.45. The highest BCUT2D eigenvalue weighted by atomic mass is 16.2. The van der Waals surface area contributed by atoms with Crippen LogP contribution in [0.25, 0.3) is 0 Å². The first-order valence-electron chi connectivity index (χ1n) is 7.23. The average molecular weight is 283 g/mol. The van der Waals surface area contributed by atoms with Crippen LogP contribution in [0.3, 0.4) is 0 Å². The lowest BCUT2D eigenvalue weighted by molar-refractivity contribution is -0.153. The fourth-order valence-electron chi connectivity index (χ4n) is 3.21. The number of carbonyl (C=O) groups excluding carboxylic acids is 2. The van der Waals surface area contributed by atoms with Crippen LogP contribution in [-0.4, -0.2) is 28.4 Å². The lowest BCUT2D eigenvalue weighted by atomic mass is 9.96. The number of nitrogens with zero attached hydrogens (tertiary/aromatic N) is 1. The van der Waals surface area contributed by atoms with E-state index in [1.54, 1.807) is 0 Å². The van der Waals surface area contributed by atoms with Crippen molar-refractivity contribution < 1.29 is 14.7 Å². The van der Waals surface area contributed by atoms with Crippen molar-refractivity contribution >= 4 is 11.8 Å². The monoisotopic (exact) mass is 283 g/mol. The van der Waals surface area contributed by atoms with Gasteiger partial charge in [0.25, 0.3) is 0 Å². The number of aliphatic hydroxyl groups excluding tert-OH is 1. The molecule has 4 nitrogen and oxygen atoms in total. The Labute approximate surface area is 123 Å². The highest BCUT2D eigenvalue weighted by Crippen LogP contribution is 2.38. The van der Waals surface area contributed by atoms with Crippen LogP contribution in [0.2, 0.25) is 0 Å². The zero-order chi connectivity index (χ0) is 14.8. The predicted molar refractivity (Wildman–Crippen MR) is 76.8 cm³/mol. The van der Waals surface area contributed by atoms with Crippen molar-refractivity contribution in [2.45, 2.75) is 25.8 Å². The van der Waals surface area contributed by atoms with E-state index in [4.69, 9.17) is 5.11 Å². The molecule has 4 heteroatoms. The molecule has 2 unspecified atom stereocenters. The fraction of sp³-hybridized carbons (Fsp3) is 0.412. The number of hydrogen-bond donors (Lipinski definition) is 1. The number of piperidine rings is 1. The van der Waals surface area contributed by atoms with E-state index in [9.17, 15) is 9.59 Å². The molecule has 2 amide bonds. The Bertz CT molecular complexity index is 619. The normalized spacial score (nSPS) is 24.0. The van der Waals surface area contributed by atoms with Crippen LogP contribution in [0.1, 0.15) is 30.4 Å². The Hall–Kier alpha value is -2.12. The maximum Gasteiger partial charge on any atom is 0.232 e. The second-order valence-corrected chi connectivity index (χ2v) is 5.63. The van der Waals surface area contributed by atoms with Gasteiger partial charge < -0.3 is 5.11 Å². The van der Waals surface area contributed by atoms with E-state index in [0.717, 1.165) is 30.4 Å². The topological polar surface area (TPSA) is 57.6 Å². The van der Waals surface area contributed by atoms with Crippen LogP contribution in [0.4, 0.5) is 0 Å². The molecule has 1 aromatic carbocycles. The molecule has 21 heavy (non-hydrogen) atoms. The molecule has 2 bridgehead atoms. The summed E-state index contributed by atoms with van der Waals surface area (Å²) in [7, 11) is 0. The van der Waals surface area contributed by atoms with Crippen LogP contribution in [0.15, 0.2) is 24.3 Å². The van der Waals surface area contributed by atoms with Gasteiger partial charge in [-0.05, 0) is 37.0 Å². The summed E-state index contributed by atoms with van der Waals surface area (Å²) in [5.74, 6) is 5.44. The molecule has 108 valence electrons. The van der Waals surface area contributed by atoms with Gasteiger partial charge in [-0.1, -0.05) is 24.0 Å². The summed E-state index contributed by atoms with van der Waals surface area (Å²) in [4.78, 5) is 26.0. The summed E-state index contributed by atoms with van der Waals surface area (Å²) < 4.78 is 0. The Morgan fingerprint density at radius 3 is 2.57 bits per heavy atom. The largest absolute Gasteiger partial charge is 0.384 e. The highest BCUT2D eigenvalue weighted by Gasteiger charge is 2.44. The van der Waals surface area contributed by atoms with Crippen LogP contribution in [0.5, 0.6) is 0 Å². The average Bonchev–Trinajstić information content (AvgIpc) is 2.95. The zero-order valence-corrected chi connectivity index (χ0v) is 11.7. The first kappa shape index (κ1) is 13.8. The molecule has 3 rings (SSSR count). The Morgan fingerprint density at radius 1 is 1.19 bits per heavy atom. The van der Waals surface area contributed by atoms with Crippen molar-refractivity contribution in [3.05, 3.63) is 35.4 Å². The van der Waals surface area contributed by atoms with E-state index in [1.807, 2.05) is 24.3 Å². The molecule has 2 fully saturated rings. The first-order valence-corrected chi connectivity index (χ1v) is 7.23. The SMILES string of the molecule is O=C1C2CCC(C2)C(=O)N1Cc1cccc(C#CCO)c1. The van der Waals surface area contributed by atoms with Crippen molar-refractivity contribution in [2.24, 2.45) is 11.8 Å². The third kappa shape index (κ3) is 2.70. The summed E-state index contributed by atoms with van der Waals surface area (Å²) in [6.45, 7) is 0.135. The van der Waals surface area contributed by atoms with Gasteiger partial charge in [-0.2, -0.15) is 0 Å². The predicted octanol–water partition coefficient (Wildman–Crippen LogP) is 1.32. The van der Waals surface area contributed by atoms with Crippen molar-refractivity contribution in [3.8, 4) is 11.8 Å². The van der Waals surface area contributed by atoms with E-state index in [0.29, 0.717) is 6.54 Å². The number of hydrogen-bond acceptors (Lipinski definition) is 3. The number of benzene rings is 1. The van der Waals surface area contributed by atoms with Gasteiger partial charge in [0.2, 0.25) is 11.8 Å². The second-order valence-electron chi connectivity index (χ2n) is 5.63. The minimum Gasteiger partial charge on any atom is -0.384 e. The quantitative estimate of drug-likeness (QED) is 0.658. The van der Waals surface area contributed by atoms with Gasteiger partial charge in [0.1, 0.15) is 6.61 Å². The molecule has 1 saturated heterocycles. The van der Waals surface area contributed by atoms with E-state index < -0.39 is 0 Å². The van der Waals surface area contributed by atoms with Gasteiger partial charge in [0.15, 0.2) is 0 Å². The van der Waals surface area contributed by atoms with Crippen LogP contribution >= 0.6 is 0 Å². The molecule has 1 N–H and O–H groups in total. The van der Waals surface area contributed by atoms with Crippen LogP contribution in [0, 0.1) is 23.7 Å². The summed E-state index contributed by atoms with van der Waals surface area (Å²) in [6.07, 6.45) is 2.41. The van der Waals surface area contributed by atoms with Crippen molar-refractivity contribution in [2.75, 3.05) is 6.61 Å². The third-order valence-corrected chi connectivity index (χ3v) is 4.24. The number of rotatable bonds is 2. The smallest absolute Gasteiger partial charge is 0.232 e. The van der Waals surface area contributed by atoms with E-state index in [2.05, 4.69) is 11.8 Å². The van der Waals surface area contributed by atoms with Crippen LogP contribution in [-0.2, 0) is 16.1 Å². The molecule has 1 heterocycles. The number of carbonyl (C=O) groups is 2. The van der Waals surface area contributed by atoms with Gasteiger partial charge in [-0.25, -0.2) is 0 Å². The summed E-state index contributed by atoms with van der Waals surface area (Å²) >= 11 is 0. The summed E-state index contributed by atoms with van der Waals surface area (Å²) in [5.41, 5.74) is 1.67. The first-order chi connectivity index (χ1) is 10.2. The molecule has 0 aromatic heterocycles. The maximum atomic E-state index is 12.3. The Kier molecular flexibility index (Phi) is 3.76. The molecule has 2 atom stereocenters. The molecular weight excluding hydrogens is 266 g/mol. The van der Waals surface area contributed by atoms with E-state index >= 15 is 0 Å². The highest BCUT2D eigenvalue weighted by molar-refractivity contribution is 6.00. The Balaban J connectivity index is 1.80. The molecular formula is C17H17NO3. The standard InChI is InChI=1S/C17H17NO3/c19-8-2-5-12-3-1-4-13(9-12)11-18-16(20)14-6-7-15(10-14)17(18)21/h1,3-4,9,14-15,19H,6-8,10-11H2. The molecule has 0 radical (unpaired) electrons. The maximum absolute atomic E-state index is 12.3. The second kappa shape index (κ2) is 5.71. The van der Waals surface area contributed by atoms with Crippen LogP contribution < -0.4 is 0 Å². The molecule has 0 spiro atoms. The molecule has 1 saturated carbocycles. The van der Waals surface area contributed by atoms with Gasteiger partial charge in [0.05, 0.1) is 6.54 Å². The van der Waals surface area contributed by atoms with Crippen molar-refractivity contribution in [1.29, 1.82) is 0 Å². The third-order valence-electron chi connectivity index (χ3n) is 4.24. The van der Waals surface area contributed by atoms with Gasteiger partial charge in [0, 0.05) is 17.4 Å². The molecule has 1 aliphatic heterocycles. The Morgan fingerprint density at radius 2 is 1.90 bits per heavy atom. The molecule has 2 aliphatic rings. The number of amides is 2. The van der Waals surface area contributed by atoms with Gasteiger partial charge in [-0.3, -0.25) is 14.5 Å². The fourth-order valence-corrected chi connectivity index (χ4v) is 3.21. The van der Waals surface area contributed by atoms with Gasteiger partial charge >= 0.3 is 0 Å². The minimum absolute atomic E-state index is 0.0272. The van der Waals surface area contributed by atoms with E-state index in [-0.39, 0.29) is 30.3 Å². The number of aliphatic hydroxyl groups is 1. The van der Waals surface area contributed by atoms with Crippen molar-refractivity contribution in [3.63, 3.8) is 0 Å². The van der Waals surface area contributed by atoms with E-state index in [1.165, 1.54) is 4.90 Å². The zero-order valence-electron chi connectivity index (χ0n) is 11.7. The molecule has 1 aromatic rings. The summed E-state index contributed by atoms with van der Waals surface area (Å²) in [5, 5.41) is 8.72. The number of fused-ring (bicyclic) bond motifs is 2. The lowest BCUT2D eigenvalue weighted by Gasteiger charge is -2.29. The lowest BCUT2D eigenvalue weighted by Crippen LogP contribution is -2.45. The van der Waals surface area contributed by atoms with Gasteiger partial charge in [-0.15, -0.1) is 0 Å². The number of likely N-dealkylation sites (tertiary alicyclic amines) is 1.